The molecule has 0 aliphatic heterocycles. The van der Waals surface area contributed by atoms with Gasteiger partial charge >= 0.3 is 0 Å². The highest BCUT2D eigenvalue weighted by Gasteiger charge is 2.27. The summed E-state index contributed by atoms with van der Waals surface area (Å²) in [4.78, 5) is 21.9. The van der Waals surface area contributed by atoms with E-state index in [2.05, 4.69) is 15.3 Å². The number of ketones is 1. The first-order chi connectivity index (χ1) is 12.7. The number of ether oxygens (including phenoxy) is 1. The number of thiophene rings is 1. The van der Waals surface area contributed by atoms with E-state index in [-0.39, 0.29) is 11.8 Å². The fraction of sp³-hybridized carbons (Fsp3) is 0.471. The van der Waals surface area contributed by atoms with Crippen LogP contribution in [0.5, 0.6) is 0 Å². The molecule has 2 atom stereocenters. The molecule has 0 aromatic carbocycles. The van der Waals surface area contributed by atoms with Gasteiger partial charge < -0.3 is 14.2 Å². The van der Waals surface area contributed by atoms with Crippen LogP contribution < -0.4 is 10.5 Å². The standard InChI is InChI=1S/C17H22N4O3S2/c1-23-7-12-5-15(25-9-12)16(22)14-6-19-10-20-17(14)21-13-3-2-11(4-13)8-24-26-18/h5-6,9-11,13H,2-4,7-8,18H2,1H3,(H,19,20,21). The molecule has 1 saturated carbocycles. The number of nitrogens with one attached hydrogen (secondary N) is 1. The largest absolute Gasteiger partial charge is 0.380 e. The maximum absolute atomic E-state index is 12.9. The van der Waals surface area contributed by atoms with Gasteiger partial charge in [-0.25, -0.2) is 9.97 Å². The number of hydrogen-bond acceptors (Lipinski definition) is 9. The van der Waals surface area contributed by atoms with Gasteiger partial charge in [0.25, 0.3) is 0 Å². The number of nitrogens with two attached hydrogens (primary N) is 1. The van der Waals surface area contributed by atoms with Gasteiger partial charge in [0.1, 0.15) is 12.1 Å². The maximum Gasteiger partial charge on any atom is 0.208 e. The van der Waals surface area contributed by atoms with E-state index < -0.39 is 0 Å². The number of methoxy groups -OCH3 is 1. The van der Waals surface area contributed by atoms with Crippen molar-refractivity contribution in [2.45, 2.75) is 31.9 Å². The summed E-state index contributed by atoms with van der Waals surface area (Å²) in [5.41, 5.74) is 1.49. The third-order valence-corrected chi connectivity index (χ3v) is 5.65. The summed E-state index contributed by atoms with van der Waals surface area (Å²) in [5, 5.41) is 10.7. The first-order valence-electron chi connectivity index (χ1n) is 8.37. The Morgan fingerprint density at radius 2 is 2.38 bits per heavy atom. The van der Waals surface area contributed by atoms with Crippen LogP contribution in [0.4, 0.5) is 5.82 Å². The molecule has 0 spiro atoms. The summed E-state index contributed by atoms with van der Waals surface area (Å²) in [6.45, 7) is 1.14. The third kappa shape index (κ3) is 4.80. The van der Waals surface area contributed by atoms with Crippen LogP contribution in [0.3, 0.4) is 0 Å². The van der Waals surface area contributed by atoms with Gasteiger partial charge in [0.05, 0.1) is 35.9 Å². The van der Waals surface area contributed by atoms with Crippen molar-refractivity contribution >= 4 is 35.2 Å². The SMILES string of the molecule is COCc1csc(C(=O)c2cncnc2NC2CCC(COSN)C2)c1. The molecule has 0 radical (unpaired) electrons. The molecule has 26 heavy (non-hydrogen) atoms. The fourth-order valence-corrected chi connectivity index (χ4v) is 4.29. The maximum atomic E-state index is 12.9. The van der Waals surface area contributed by atoms with Gasteiger partial charge in [-0.3, -0.25) is 9.93 Å². The molecule has 2 heterocycles. The first kappa shape index (κ1) is 19.2. The van der Waals surface area contributed by atoms with Crippen LogP contribution in [0.15, 0.2) is 24.0 Å². The van der Waals surface area contributed by atoms with Crippen molar-refractivity contribution < 1.29 is 13.7 Å². The highest BCUT2D eigenvalue weighted by molar-refractivity contribution is 7.92. The second kappa shape index (κ2) is 9.43. The molecule has 7 nitrogen and oxygen atoms in total. The Kier molecular flexibility index (Phi) is 6.98. The van der Waals surface area contributed by atoms with Crippen molar-refractivity contribution in [3.8, 4) is 0 Å². The van der Waals surface area contributed by atoms with Crippen molar-refractivity contribution in [2.24, 2.45) is 11.1 Å². The summed E-state index contributed by atoms with van der Waals surface area (Å²) in [5.74, 6) is 0.989. The lowest BCUT2D eigenvalue weighted by molar-refractivity contribution is 0.104. The highest BCUT2D eigenvalue weighted by atomic mass is 32.2. The number of carbonyl (C=O) groups is 1. The topological polar surface area (TPSA) is 99.4 Å². The van der Waals surface area contributed by atoms with Crippen molar-refractivity contribution in [1.29, 1.82) is 0 Å². The lowest BCUT2D eigenvalue weighted by atomic mass is 10.1. The van der Waals surface area contributed by atoms with E-state index in [0.29, 0.717) is 35.4 Å². The summed E-state index contributed by atoms with van der Waals surface area (Å²) in [6, 6.07) is 2.13. The molecule has 3 rings (SSSR count). The molecule has 2 unspecified atom stereocenters. The number of aromatic nitrogens is 2. The smallest absolute Gasteiger partial charge is 0.208 e. The van der Waals surface area contributed by atoms with Crippen molar-refractivity contribution in [3.63, 3.8) is 0 Å². The molecular formula is C17H22N4O3S2. The Hall–Kier alpha value is -1.52. The molecule has 2 aromatic heterocycles. The Bertz CT molecular complexity index is 740. The lowest BCUT2D eigenvalue weighted by Gasteiger charge is -2.15. The van der Waals surface area contributed by atoms with Crippen LogP contribution in [-0.2, 0) is 15.5 Å². The Morgan fingerprint density at radius 3 is 3.19 bits per heavy atom. The van der Waals surface area contributed by atoms with Crippen molar-refractivity contribution in [2.75, 3.05) is 19.0 Å². The van der Waals surface area contributed by atoms with E-state index in [1.54, 1.807) is 13.3 Å². The molecule has 1 aliphatic carbocycles. The highest BCUT2D eigenvalue weighted by Crippen LogP contribution is 2.30. The van der Waals surface area contributed by atoms with Crippen molar-refractivity contribution in [1.82, 2.24) is 9.97 Å². The van der Waals surface area contributed by atoms with E-state index in [1.807, 2.05) is 11.4 Å². The number of carbonyl (C=O) groups excluding carboxylic acids is 1. The van der Waals surface area contributed by atoms with E-state index in [0.717, 1.165) is 37.1 Å². The van der Waals surface area contributed by atoms with Crippen LogP contribution in [0, 0.1) is 5.92 Å². The average Bonchev–Trinajstić information content (AvgIpc) is 3.30. The van der Waals surface area contributed by atoms with Gasteiger partial charge in [0.2, 0.25) is 5.78 Å². The third-order valence-electron chi connectivity index (χ3n) is 4.40. The Morgan fingerprint density at radius 1 is 1.50 bits per heavy atom. The summed E-state index contributed by atoms with van der Waals surface area (Å²) in [7, 11) is 1.64. The van der Waals surface area contributed by atoms with Gasteiger partial charge in [0, 0.05) is 19.3 Å². The second-order valence-electron chi connectivity index (χ2n) is 6.27. The number of rotatable bonds is 9. The molecule has 140 valence electrons. The second-order valence-corrected chi connectivity index (χ2v) is 7.61. The Balaban J connectivity index is 1.69. The Labute approximate surface area is 161 Å². The molecule has 0 amide bonds. The van der Waals surface area contributed by atoms with E-state index in [4.69, 9.17) is 14.1 Å². The zero-order chi connectivity index (χ0) is 18.4. The first-order valence-corrected chi connectivity index (χ1v) is 10.1. The van der Waals surface area contributed by atoms with Crippen molar-refractivity contribution in [3.05, 3.63) is 40.0 Å². The van der Waals surface area contributed by atoms with Crippen LogP contribution in [0.2, 0.25) is 0 Å². The number of anilines is 1. The summed E-state index contributed by atoms with van der Waals surface area (Å²) >= 11 is 2.32. The molecular weight excluding hydrogens is 372 g/mol. The van der Waals surface area contributed by atoms with E-state index >= 15 is 0 Å². The molecule has 0 saturated heterocycles. The molecule has 3 N–H and O–H groups in total. The predicted molar refractivity (Wildman–Crippen MR) is 103 cm³/mol. The van der Waals surface area contributed by atoms with Crippen LogP contribution in [0.1, 0.15) is 40.1 Å². The fourth-order valence-electron chi connectivity index (χ4n) is 3.17. The number of hydrogen-bond donors (Lipinski definition) is 2. The summed E-state index contributed by atoms with van der Waals surface area (Å²) < 4.78 is 10.4. The van der Waals surface area contributed by atoms with Gasteiger partial charge in [-0.2, -0.15) is 0 Å². The van der Waals surface area contributed by atoms with Gasteiger partial charge in [-0.05, 0) is 42.2 Å². The molecule has 0 bridgehead atoms. The van der Waals surface area contributed by atoms with Crippen LogP contribution >= 0.6 is 23.6 Å². The monoisotopic (exact) mass is 394 g/mol. The van der Waals surface area contributed by atoms with Crippen LogP contribution in [0.25, 0.3) is 0 Å². The molecule has 9 heteroatoms. The lowest BCUT2D eigenvalue weighted by Crippen LogP contribution is -2.20. The predicted octanol–water partition coefficient (Wildman–Crippen LogP) is 3.03. The minimum atomic E-state index is -0.0714. The van der Waals surface area contributed by atoms with E-state index in [9.17, 15) is 4.79 Å². The average molecular weight is 395 g/mol. The normalized spacial score (nSPS) is 19.6. The number of nitrogens with zero attached hydrogens (tertiary/aromatic N) is 2. The van der Waals surface area contributed by atoms with Crippen LogP contribution in [-0.4, -0.2) is 35.5 Å². The van der Waals surface area contributed by atoms with Gasteiger partial charge in [0.15, 0.2) is 0 Å². The minimum Gasteiger partial charge on any atom is -0.380 e. The minimum absolute atomic E-state index is 0.0714. The van der Waals surface area contributed by atoms with E-state index in [1.165, 1.54) is 17.7 Å². The zero-order valence-corrected chi connectivity index (χ0v) is 16.1. The molecule has 1 aliphatic rings. The molecule has 2 aromatic rings. The summed E-state index contributed by atoms with van der Waals surface area (Å²) in [6.07, 6.45) is 6.09. The van der Waals surface area contributed by atoms with Gasteiger partial charge in [-0.15, -0.1) is 11.3 Å². The zero-order valence-electron chi connectivity index (χ0n) is 14.5. The van der Waals surface area contributed by atoms with Gasteiger partial charge in [-0.1, -0.05) is 0 Å². The molecule has 1 fully saturated rings. The quantitative estimate of drug-likeness (QED) is 0.380.